The second-order valence-corrected chi connectivity index (χ2v) is 5.20. The SMILES string of the molecule is [NH]c1ncccc1C(=O)c1cccc(N2CCCNCC2)n1. The third-order valence-electron chi connectivity index (χ3n) is 3.68. The van der Waals surface area contributed by atoms with Gasteiger partial charge in [0.15, 0.2) is 5.82 Å². The predicted octanol–water partition coefficient (Wildman–Crippen LogP) is 1.42. The van der Waals surface area contributed by atoms with Crippen LogP contribution in [0.5, 0.6) is 0 Å². The average Bonchev–Trinajstić information content (AvgIpc) is 2.84. The molecular weight excluding hydrogens is 278 g/mol. The summed E-state index contributed by atoms with van der Waals surface area (Å²) >= 11 is 0. The molecule has 0 amide bonds. The lowest BCUT2D eigenvalue weighted by Crippen LogP contribution is -2.28. The molecule has 0 unspecified atom stereocenters. The topological polar surface area (TPSA) is 81.9 Å². The van der Waals surface area contributed by atoms with Crippen LogP contribution in [-0.2, 0) is 0 Å². The quantitative estimate of drug-likeness (QED) is 0.866. The first-order valence-corrected chi connectivity index (χ1v) is 7.40. The van der Waals surface area contributed by atoms with Crippen LogP contribution in [0.2, 0.25) is 0 Å². The molecule has 0 spiro atoms. The van der Waals surface area contributed by atoms with Crippen molar-refractivity contribution in [3.05, 3.63) is 47.8 Å². The van der Waals surface area contributed by atoms with Gasteiger partial charge >= 0.3 is 0 Å². The number of aromatic nitrogens is 2. The molecule has 1 saturated heterocycles. The Kier molecular flexibility index (Phi) is 4.29. The van der Waals surface area contributed by atoms with Crippen molar-refractivity contribution in [3.63, 3.8) is 0 Å². The van der Waals surface area contributed by atoms with Crippen LogP contribution in [0.25, 0.3) is 0 Å². The molecule has 2 aromatic rings. The van der Waals surface area contributed by atoms with Crippen LogP contribution >= 0.6 is 0 Å². The van der Waals surface area contributed by atoms with Crippen molar-refractivity contribution in [3.8, 4) is 0 Å². The van der Waals surface area contributed by atoms with Gasteiger partial charge in [-0.25, -0.2) is 9.97 Å². The number of ketones is 1. The molecule has 0 saturated carbocycles. The first-order chi connectivity index (χ1) is 10.8. The summed E-state index contributed by atoms with van der Waals surface area (Å²) in [5, 5.41) is 3.35. The molecule has 2 aromatic heterocycles. The molecule has 113 valence electrons. The Morgan fingerprint density at radius 3 is 2.95 bits per heavy atom. The van der Waals surface area contributed by atoms with Crippen LogP contribution in [0.1, 0.15) is 22.5 Å². The number of anilines is 1. The summed E-state index contributed by atoms with van der Waals surface area (Å²) in [5.74, 6) is 0.538. The number of nitrogens with one attached hydrogen (secondary N) is 2. The van der Waals surface area contributed by atoms with Crippen molar-refractivity contribution in [2.24, 2.45) is 0 Å². The highest BCUT2D eigenvalue weighted by molar-refractivity contribution is 6.10. The fourth-order valence-electron chi connectivity index (χ4n) is 2.53. The summed E-state index contributed by atoms with van der Waals surface area (Å²) in [6, 6.07) is 8.73. The highest BCUT2D eigenvalue weighted by Gasteiger charge is 2.17. The van der Waals surface area contributed by atoms with E-state index in [4.69, 9.17) is 5.73 Å². The van der Waals surface area contributed by atoms with Gasteiger partial charge in [-0.05, 0) is 37.2 Å². The molecule has 0 bridgehead atoms. The third-order valence-corrected chi connectivity index (χ3v) is 3.68. The number of nitrogens with zero attached hydrogens (tertiary/aromatic N) is 3. The zero-order chi connectivity index (χ0) is 15.4. The van der Waals surface area contributed by atoms with Crippen molar-refractivity contribution in [1.29, 1.82) is 0 Å². The first-order valence-electron chi connectivity index (χ1n) is 7.40. The predicted molar refractivity (Wildman–Crippen MR) is 84.4 cm³/mol. The first kappa shape index (κ1) is 14.5. The fourth-order valence-corrected chi connectivity index (χ4v) is 2.53. The van der Waals surface area contributed by atoms with Gasteiger partial charge in [-0.3, -0.25) is 10.5 Å². The van der Waals surface area contributed by atoms with E-state index in [0.717, 1.165) is 38.4 Å². The number of carbonyl (C=O) groups excluding carboxylic acids is 1. The molecule has 6 heteroatoms. The zero-order valence-corrected chi connectivity index (χ0v) is 12.2. The second-order valence-electron chi connectivity index (χ2n) is 5.20. The summed E-state index contributed by atoms with van der Waals surface area (Å²) in [5.41, 5.74) is 8.39. The third kappa shape index (κ3) is 3.07. The summed E-state index contributed by atoms with van der Waals surface area (Å²) in [7, 11) is 0. The minimum atomic E-state index is -0.257. The van der Waals surface area contributed by atoms with Crippen LogP contribution < -0.4 is 16.0 Å². The van der Waals surface area contributed by atoms with E-state index in [0.29, 0.717) is 5.69 Å². The lowest BCUT2D eigenvalue weighted by molar-refractivity contribution is 0.103. The Bertz CT molecular complexity index is 665. The van der Waals surface area contributed by atoms with E-state index in [1.807, 2.05) is 12.1 Å². The van der Waals surface area contributed by atoms with E-state index in [-0.39, 0.29) is 17.2 Å². The van der Waals surface area contributed by atoms with Crippen LogP contribution in [-0.4, -0.2) is 41.9 Å². The minimum Gasteiger partial charge on any atom is -0.355 e. The summed E-state index contributed by atoms with van der Waals surface area (Å²) < 4.78 is 0. The Morgan fingerprint density at radius 2 is 2.09 bits per heavy atom. The Labute approximate surface area is 129 Å². The summed E-state index contributed by atoms with van der Waals surface area (Å²) in [4.78, 5) is 23.0. The van der Waals surface area contributed by atoms with Gasteiger partial charge in [0.25, 0.3) is 0 Å². The van der Waals surface area contributed by atoms with Crippen LogP contribution in [0.4, 0.5) is 11.6 Å². The van der Waals surface area contributed by atoms with Gasteiger partial charge < -0.3 is 10.2 Å². The highest BCUT2D eigenvalue weighted by Crippen LogP contribution is 2.17. The molecule has 2 N–H and O–H groups in total. The molecule has 0 aliphatic carbocycles. The maximum Gasteiger partial charge on any atom is 0.215 e. The van der Waals surface area contributed by atoms with E-state index in [1.54, 1.807) is 18.2 Å². The molecule has 1 fully saturated rings. The van der Waals surface area contributed by atoms with E-state index in [2.05, 4.69) is 20.2 Å². The van der Waals surface area contributed by atoms with Gasteiger partial charge in [-0.15, -0.1) is 0 Å². The number of rotatable bonds is 3. The van der Waals surface area contributed by atoms with Crippen molar-refractivity contribution in [2.75, 3.05) is 31.1 Å². The summed E-state index contributed by atoms with van der Waals surface area (Å²) in [6.45, 7) is 3.72. The maximum atomic E-state index is 12.5. The largest absolute Gasteiger partial charge is 0.355 e. The van der Waals surface area contributed by atoms with Gasteiger partial charge in [0.2, 0.25) is 5.78 Å². The van der Waals surface area contributed by atoms with Crippen molar-refractivity contribution in [2.45, 2.75) is 6.42 Å². The van der Waals surface area contributed by atoms with Crippen LogP contribution in [0, 0.1) is 0 Å². The number of pyridine rings is 2. The van der Waals surface area contributed by atoms with Crippen molar-refractivity contribution < 1.29 is 4.79 Å². The van der Waals surface area contributed by atoms with Gasteiger partial charge in [-0.1, -0.05) is 6.07 Å². The highest BCUT2D eigenvalue weighted by atomic mass is 16.1. The van der Waals surface area contributed by atoms with E-state index < -0.39 is 0 Å². The Hall–Kier alpha value is -2.47. The molecule has 1 aliphatic heterocycles. The van der Waals surface area contributed by atoms with Gasteiger partial charge in [0, 0.05) is 25.8 Å². The lowest BCUT2D eigenvalue weighted by Gasteiger charge is -2.21. The van der Waals surface area contributed by atoms with Crippen LogP contribution in [0.15, 0.2) is 36.5 Å². The number of carbonyl (C=O) groups is 1. The molecule has 1 aliphatic rings. The maximum absolute atomic E-state index is 12.5. The zero-order valence-electron chi connectivity index (χ0n) is 12.2. The van der Waals surface area contributed by atoms with Crippen LogP contribution in [0.3, 0.4) is 0 Å². The number of hydrogen-bond acceptors (Lipinski definition) is 5. The second kappa shape index (κ2) is 6.53. The molecule has 3 heterocycles. The van der Waals surface area contributed by atoms with Gasteiger partial charge in [0.05, 0.1) is 5.56 Å². The minimum absolute atomic E-state index is 0.0151. The molecule has 6 nitrogen and oxygen atoms in total. The van der Waals surface area contributed by atoms with E-state index >= 15 is 0 Å². The monoisotopic (exact) mass is 296 g/mol. The molecule has 1 radical (unpaired) electrons. The van der Waals surface area contributed by atoms with E-state index in [9.17, 15) is 4.79 Å². The molecule has 22 heavy (non-hydrogen) atoms. The molecule has 0 aromatic carbocycles. The standard InChI is InChI=1S/C16H18N5O/c17-16-12(4-2-8-19-16)15(22)13-5-1-6-14(20-13)21-10-3-7-18-9-11-21/h1-2,4-6,8,17-18H,3,7,9-11H2. The van der Waals surface area contributed by atoms with Gasteiger partial charge in [0.1, 0.15) is 11.5 Å². The van der Waals surface area contributed by atoms with Crippen molar-refractivity contribution >= 4 is 17.4 Å². The summed E-state index contributed by atoms with van der Waals surface area (Å²) in [6.07, 6.45) is 2.56. The number of hydrogen-bond donors (Lipinski definition) is 1. The average molecular weight is 296 g/mol. The fraction of sp³-hybridized carbons (Fsp3) is 0.312. The molecular formula is C16H18N5O. The van der Waals surface area contributed by atoms with Gasteiger partial charge in [-0.2, -0.15) is 0 Å². The smallest absolute Gasteiger partial charge is 0.215 e. The Balaban J connectivity index is 1.87. The Morgan fingerprint density at radius 1 is 1.18 bits per heavy atom. The normalized spacial score (nSPS) is 15.4. The molecule has 3 rings (SSSR count). The lowest BCUT2D eigenvalue weighted by atomic mass is 10.1. The molecule has 0 atom stereocenters. The van der Waals surface area contributed by atoms with Crippen molar-refractivity contribution in [1.82, 2.24) is 21.0 Å². The van der Waals surface area contributed by atoms with E-state index in [1.165, 1.54) is 6.20 Å².